The number of carbonyl (C=O) groups excluding carboxylic acids is 1. The Morgan fingerprint density at radius 1 is 1.36 bits per heavy atom. The quantitative estimate of drug-likeness (QED) is 0.417. The number of carbonyl (C=O) groups is 1. The number of cyclic esters (lactones) is 1. The second kappa shape index (κ2) is 9.99. The van der Waals surface area contributed by atoms with Crippen molar-refractivity contribution in [3.63, 3.8) is 0 Å². The minimum absolute atomic E-state index is 0.0119. The summed E-state index contributed by atoms with van der Waals surface area (Å²) in [4.78, 5) is 11.4. The maximum Gasteiger partial charge on any atom is 0.309 e. The topological polar surface area (TPSA) is 74.2 Å². The third-order valence-electron chi connectivity index (χ3n) is 3.45. The highest BCUT2D eigenvalue weighted by Gasteiger charge is 2.25. The first-order chi connectivity index (χ1) is 12.0. The van der Waals surface area contributed by atoms with E-state index in [0.29, 0.717) is 41.0 Å². The van der Waals surface area contributed by atoms with Gasteiger partial charge in [0, 0.05) is 24.1 Å². The number of benzene rings is 1. The number of methoxy groups -OCH3 is 1. The van der Waals surface area contributed by atoms with Crippen molar-refractivity contribution >= 4 is 35.2 Å². The zero-order valence-electron chi connectivity index (χ0n) is 13.7. The number of aliphatic hydroxyl groups excluding tert-OH is 1. The summed E-state index contributed by atoms with van der Waals surface area (Å²) in [6, 6.07) is 3.21. The van der Waals surface area contributed by atoms with Gasteiger partial charge in [-0.05, 0) is 18.2 Å². The minimum Gasteiger partial charge on any atom is -0.467 e. The Bertz CT molecular complexity index is 619. The molecule has 25 heavy (non-hydrogen) atoms. The Labute approximate surface area is 156 Å². The highest BCUT2D eigenvalue weighted by Crippen LogP contribution is 2.32. The van der Waals surface area contributed by atoms with Crippen LogP contribution in [0.4, 0.5) is 0 Å². The molecular formula is C17H20Cl2O6. The van der Waals surface area contributed by atoms with Gasteiger partial charge in [-0.15, -0.1) is 0 Å². The fourth-order valence-electron chi connectivity index (χ4n) is 2.28. The zero-order chi connectivity index (χ0) is 18.2. The van der Waals surface area contributed by atoms with Crippen LogP contribution in [0.5, 0.6) is 5.75 Å². The van der Waals surface area contributed by atoms with Gasteiger partial charge in [-0.1, -0.05) is 29.3 Å². The molecule has 1 aliphatic heterocycles. The maximum atomic E-state index is 11.4. The van der Waals surface area contributed by atoms with Crippen LogP contribution >= 0.6 is 23.2 Å². The lowest BCUT2D eigenvalue weighted by atomic mass is 10.0. The summed E-state index contributed by atoms with van der Waals surface area (Å²) in [5, 5.41) is 10.5. The Morgan fingerprint density at radius 2 is 2.16 bits per heavy atom. The molecule has 138 valence electrons. The summed E-state index contributed by atoms with van der Waals surface area (Å²) in [6.07, 6.45) is 2.46. The van der Waals surface area contributed by atoms with E-state index in [0.717, 1.165) is 0 Å². The van der Waals surface area contributed by atoms with Crippen LogP contribution < -0.4 is 4.74 Å². The number of hydrogen-bond acceptors (Lipinski definition) is 6. The van der Waals surface area contributed by atoms with Crippen LogP contribution in [0.25, 0.3) is 6.08 Å². The molecule has 2 unspecified atom stereocenters. The average Bonchev–Trinajstić information content (AvgIpc) is 2.52. The maximum absolute atomic E-state index is 11.4. The lowest BCUT2D eigenvalue weighted by molar-refractivity contribution is -0.156. The van der Waals surface area contributed by atoms with Crippen LogP contribution in [0.3, 0.4) is 0 Å². The Kier molecular flexibility index (Phi) is 7.99. The SMILES string of the molecule is COCCOCOc1cc(Cl)cc(Cl)c1C=CC1CC(O)CC(=O)O1. The van der Waals surface area contributed by atoms with Crippen LogP contribution in [-0.2, 0) is 19.0 Å². The van der Waals surface area contributed by atoms with Gasteiger partial charge in [0.2, 0.25) is 0 Å². The summed E-state index contributed by atoms with van der Waals surface area (Å²) >= 11 is 12.3. The molecule has 8 heteroatoms. The van der Waals surface area contributed by atoms with E-state index in [1.54, 1.807) is 31.4 Å². The second-order valence-corrected chi connectivity index (χ2v) is 6.29. The van der Waals surface area contributed by atoms with Crippen molar-refractivity contribution < 1.29 is 28.8 Å². The van der Waals surface area contributed by atoms with E-state index in [-0.39, 0.29) is 13.2 Å². The summed E-state index contributed by atoms with van der Waals surface area (Å²) in [7, 11) is 1.58. The monoisotopic (exact) mass is 390 g/mol. The van der Waals surface area contributed by atoms with E-state index in [2.05, 4.69) is 0 Å². The summed E-state index contributed by atoms with van der Waals surface area (Å²) in [5.74, 6) is 0.00692. The van der Waals surface area contributed by atoms with Crippen molar-refractivity contribution in [2.24, 2.45) is 0 Å². The molecule has 1 fully saturated rings. The van der Waals surface area contributed by atoms with Gasteiger partial charge in [-0.25, -0.2) is 0 Å². The minimum atomic E-state index is -0.707. The molecule has 0 spiro atoms. The fourth-order valence-corrected chi connectivity index (χ4v) is 2.82. The number of aliphatic hydroxyl groups is 1. The van der Waals surface area contributed by atoms with Crippen LogP contribution in [-0.4, -0.2) is 50.4 Å². The first-order valence-corrected chi connectivity index (χ1v) is 8.49. The molecule has 2 rings (SSSR count). The van der Waals surface area contributed by atoms with Crippen LogP contribution in [0.1, 0.15) is 18.4 Å². The van der Waals surface area contributed by atoms with Crippen LogP contribution in [0, 0.1) is 0 Å². The molecule has 1 N–H and O–H groups in total. The molecule has 0 bridgehead atoms. The van der Waals surface area contributed by atoms with E-state index >= 15 is 0 Å². The van der Waals surface area contributed by atoms with E-state index in [4.69, 9.17) is 42.1 Å². The van der Waals surface area contributed by atoms with E-state index < -0.39 is 18.2 Å². The van der Waals surface area contributed by atoms with Crippen molar-refractivity contribution in [1.82, 2.24) is 0 Å². The van der Waals surface area contributed by atoms with Gasteiger partial charge < -0.3 is 24.1 Å². The number of halogens is 2. The summed E-state index contributed by atoms with van der Waals surface area (Å²) in [5.41, 5.74) is 0.581. The van der Waals surface area contributed by atoms with Gasteiger partial charge >= 0.3 is 5.97 Å². The third-order valence-corrected chi connectivity index (χ3v) is 3.98. The smallest absolute Gasteiger partial charge is 0.309 e. The highest BCUT2D eigenvalue weighted by atomic mass is 35.5. The van der Waals surface area contributed by atoms with Gasteiger partial charge in [-0.3, -0.25) is 4.79 Å². The van der Waals surface area contributed by atoms with Crippen molar-refractivity contribution in [3.05, 3.63) is 33.8 Å². The van der Waals surface area contributed by atoms with Crippen molar-refractivity contribution in [3.8, 4) is 5.75 Å². The van der Waals surface area contributed by atoms with Gasteiger partial charge in [0.25, 0.3) is 0 Å². The number of hydrogen-bond donors (Lipinski definition) is 1. The lowest BCUT2D eigenvalue weighted by Crippen LogP contribution is -2.31. The molecule has 1 saturated heterocycles. The molecule has 2 atom stereocenters. The summed E-state index contributed by atoms with van der Waals surface area (Å²) < 4.78 is 20.9. The van der Waals surface area contributed by atoms with E-state index in [1.807, 2.05) is 0 Å². The highest BCUT2D eigenvalue weighted by molar-refractivity contribution is 6.35. The first kappa shape index (κ1) is 20.0. The second-order valence-electron chi connectivity index (χ2n) is 5.44. The van der Waals surface area contributed by atoms with E-state index in [1.165, 1.54) is 0 Å². The van der Waals surface area contributed by atoms with Gasteiger partial charge in [0.05, 0.1) is 30.8 Å². The molecular weight excluding hydrogens is 371 g/mol. The number of rotatable bonds is 8. The largest absolute Gasteiger partial charge is 0.467 e. The van der Waals surface area contributed by atoms with Gasteiger partial charge in [0.15, 0.2) is 6.79 Å². The number of esters is 1. The summed E-state index contributed by atoms with van der Waals surface area (Å²) in [6.45, 7) is 0.867. The molecule has 0 aliphatic carbocycles. The first-order valence-electron chi connectivity index (χ1n) is 7.74. The fraction of sp³-hybridized carbons (Fsp3) is 0.471. The lowest BCUT2D eigenvalue weighted by Gasteiger charge is -2.23. The third kappa shape index (κ3) is 6.49. The van der Waals surface area contributed by atoms with Crippen LogP contribution in [0.2, 0.25) is 10.0 Å². The molecule has 6 nitrogen and oxygen atoms in total. The van der Waals surface area contributed by atoms with Crippen LogP contribution in [0.15, 0.2) is 18.2 Å². The molecule has 1 heterocycles. The molecule has 1 aromatic rings. The van der Waals surface area contributed by atoms with E-state index in [9.17, 15) is 9.90 Å². The molecule has 0 saturated carbocycles. The predicted octanol–water partition coefficient (Wildman–Crippen LogP) is 3.07. The van der Waals surface area contributed by atoms with Gasteiger partial charge in [-0.2, -0.15) is 0 Å². The van der Waals surface area contributed by atoms with Crippen molar-refractivity contribution in [2.75, 3.05) is 27.1 Å². The number of ether oxygens (including phenoxy) is 4. The Balaban J connectivity index is 2.07. The Hall–Kier alpha value is -1.31. The molecule has 1 aromatic carbocycles. The standard InChI is InChI=1S/C17H20Cl2O6/c1-22-4-5-23-10-24-16-7-11(18)6-15(19)14(16)3-2-13-8-12(20)9-17(21)25-13/h2-3,6-7,12-13,20H,4-5,8-10H2,1H3. The predicted molar refractivity (Wildman–Crippen MR) is 93.9 cm³/mol. The Morgan fingerprint density at radius 3 is 2.88 bits per heavy atom. The molecule has 0 aromatic heterocycles. The van der Waals surface area contributed by atoms with Crippen molar-refractivity contribution in [1.29, 1.82) is 0 Å². The molecule has 0 amide bonds. The normalized spacial score (nSPS) is 20.7. The molecule has 0 radical (unpaired) electrons. The van der Waals surface area contributed by atoms with Gasteiger partial charge in [0.1, 0.15) is 11.9 Å². The zero-order valence-corrected chi connectivity index (χ0v) is 15.3. The average molecular weight is 391 g/mol. The van der Waals surface area contributed by atoms with Crippen molar-refractivity contribution in [2.45, 2.75) is 25.0 Å². The molecule has 1 aliphatic rings.